The third-order valence-corrected chi connectivity index (χ3v) is 7.00. The van der Waals surface area contributed by atoms with Crippen LogP contribution in [-0.2, 0) is 13.3 Å². The van der Waals surface area contributed by atoms with Crippen molar-refractivity contribution in [1.29, 1.82) is 0 Å². The fourth-order valence-corrected chi connectivity index (χ4v) is 5.22. The summed E-state index contributed by atoms with van der Waals surface area (Å²) in [7, 11) is -0.469. The van der Waals surface area contributed by atoms with Crippen LogP contribution in [0.4, 0.5) is 0 Å². The van der Waals surface area contributed by atoms with Crippen molar-refractivity contribution in [3.63, 3.8) is 0 Å². The van der Waals surface area contributed by atoms with Gasteiger partial charge in [0.1, 0.15) is 0 Å². The Morgan fingerprint density at radius 1 is 1.05 bits per heavy atom. The molecular formula is C14H30N2O3Si. The maximum Gasteiger partial charge on any atom is 0.503 e. The van der Waals surface area contributed by atoms with Gasteiger partial charge < -0.3 is 23.1 Å². The average Bonchev–Trinajstić information content (AvgIpc) is 2.82. The molecule has 0 radical (unpaired) electrons. The van der Waals surface area contributed by atoms with E-state index in [4.69, 9.17) is 13.3 Å². The molecule has 0 bridgehead atoms. The molecule has 0 amide bonds. The monoisotopic (exact) mass is 302 g/mol. The van der Waals surface area contributed by atoms with Gasteiger partial charge in [-0.2, -0.15) is 0 Å². The molecule has 0 fully saturated rings. The second-order valence-corrected chi connectivity index (χ2v) is 8.16. The van der Waals surface area contributed by atoms with Crippen LogP contribution in [0.25, 0.3) is 0 Å². The van der Waals surface area contributed by atoms with Crippen LogP contribution >= 0.6 is 0 Å². The molecule has 5 nitrogen and oxygen atoms in total. The van der Waals surface area contributed by atoms with Crippen LogP contribution in [0.2, 0.25) is 5.54 Å². The van der Waals surface area contributed by atoms with Gasteiger partial charge in [0.15, 0.2) is 0 Å². The summed E-state index contributed by atoms with van der Waals surface area (Å²) in [6, 6.07) is 0. The lowest BCUT2D eigenvalue weighted by molar-refractivity contribution is 0.0606. The number of hydrogen-bond donors (Lipinski definition) is 0. The van der Waals surface area contributed by atoms with Crippen molar-refractivity contribution in [2.45, 2.75) is 39.7 Å². The van der Waals surface area contributed by atoms with Crippen molar-refractivity contribution in [3.8, 4) is 0 Å². The molecule has 1 atom stereocenters. The lowest BCUT2D eigenvalue weighted by Crippen LogP contribution is -2.50. The van der Waals surface area contributed by atoms with E-state index in [2.05, 4.69) is 36.2 Å². The lowest BCUT2D eigenvalue weighted by Gasteiger charge is -2.34. The standard InChI is InChI=1S/C14H30N2O3Si/c1-6-17-20(18-7-2,19-8-3)14(4)9-10-16-12-11-15(5)13-16/h11-12,14H,6-10,13H2,1-5H3. The molecule has 0 aromatic heterocycles. The zero-order valence-corrected chi connectivity index (χ0v) is 14.6. The first-order chi connectivity index (χ1) is 9.57. The van der Waals surface area contributed by atoms with Gasteiger partial charge in [0.25, 0.3) is 0 Å². The zero-order valence-electron chi connectivity index (χ0n) is 13.6. The fourth-order valence-electron chi connectivity index (χ4n) is 2.43. The molecule has 0 aromatic rings. The molecule has 0 saturated carbocycles. The van der Waals surface area contributed by atoms with Crippen LogP contribution in [0.15, 0.2) is 12.4 Å². The van der Waals surface area contributed by atoms with E-state index in [1.807, 2.05) is 20.8 Å². The van der Waals surface area contributed by atoms with Crippen LogP contribution in [-0.4, -0.2) is 58.7 Å². The van der Waals surface area contributed by atoms with Crippen LogP contribution in [0.3, 0.4) is 0 Å². The van der Waals surface area contributed by atoms with Crippen molar-refractivity contribution in [2.75, 3.05) is 40.1 Å². The van der Waals surface area contributed by atoms with Crippen LogP contribution in [0.5, 0.6) is 0 Å². The highest BCUT2D eigenvalue weighted by molar-refractivity contribution is 6.62. The maximum absolute atomic E-state index is 5.96. The lowest BCUT2D eigenvalue weighted by atomic mass is 10.3. The highest BCUT2D eigenvalue weighted by atomic mass is 28.4. The van der Waals surface area contributed by atoms with Gasteiger partial charge in [-0.15, -0.1) is 0 Å². The third kappa shape index (κ3) is 4.77. The van der Waals surface area contributed by atoms with Crippen LogP contribution in [0.1, 0.15) is 34.1 Å². The van der Waals surface area contributed by atoms with Gasteiger partial charge in [-0.25, -0.2) is 0 Å². The summed E-state index contributed by atoms with van der Waals surface area (Å²) in [5.41, 5.74) is 0.307. The summed E-state index contributed by atoms with van der Waals surface area (Å²) < 4.78 is 17.9. The third-order valence-electron chi connectivity index (χ3n) is 3.43. The molecule has 0 aliphatic carbocycles. The minimum atomic E-state index is -2.55. The summed E-state index contributed by atoms with van der Waals surface area (Å²) in [6.45, 7) is 12.1. The van der Waals surface area contributed by atoms with Crippen molar-refractivity contribution in [3.05, 3.63) is 12.4 Å². The second kappa shape index (κ2) is 8.66. The molecule has 1 rings (SSSR count). The number of nitrogens with zero attached hydrogens (tertiary/aromatic N) is 2. The van der Waals surface area contributed by atoms with E-state index >= 15 is 0 Å². The van der Waals surface area contributed by atoms with Gasteiger partial charge in [-0.3, -0.25) is 0 Å². The van der Waals surface area contributed by atoms with E-state index in [9.17, 15) is 0 Å². The Kier molecular flexibility index (Phi) is 7.58. The van der Waals surface area contributed by atoms with Gasteiger partial charge >= 0.3 is 8.80 Å². The summed E-state index contributed by atoms with van der Waals surface area (Å²) in [4.78, 5) is 4.47. The molecule has 1 aliphatic rings. The molecule has 1 aliphatic heterocycles. The van der Waals surface area contributed by atoms with Crippen LogP contribution in [0, 0.1) is 0 Å². The van der Waals surface area contributed by atoms with Gasteiger partial charge in [-0.1, -0.05) is 6.92 Å². The summed E-state index contributed by atoms with van der Waals surface area (Å²) in [5.74, 6) is 0. The molecule has 0 aromatic carbocycles. The first-order valence-electron chi connectivity index (χ1n) is 7.62. The van der Waals surface area contributed by atoms with Gasteiger partial charge in [0, 0.05) is 51.4 Å². The molecule has 0 N–H and O–H groups in total. The fraction of sp³-hybridized carbons (Fsp3) is 0.857. The topological polar surface area (TPSA) is 34.2 Å². The quantitative estimate of drug-likeness (QED) is 0.579. The molecule has 0 spiro atoms. The van der Waals surface area contributed by atoms with Crippen molar-refractivity contribution in [1.82, 2.24) is 9.80 Å². The molecule has 118 valence electrons. The molecule has 1 unspecified atom stereocenters. The summed E-state index contributed by atoms with van der Waals surface area (Å²) in [6.07, 6.45) is 5.26. The Labute approximate surface area is 124 Å². The Morgan fingerprint density at radius 2 is 1.60 bits per heavy atom. The average molecular weight is 302 g/mol. The smallest absolute Gasteiger partial charge is 0.374 e. The normalized spacial score (nSPS) is 17.1. The van der Waals surface area contributed by atoms with E-state index < -0.39 is 8.80 Å². The first-order valence-corrected chi connectivity index (χ1v) is 9.42. The highest BCUT2D eigenvalue weighted by Gasteiger charge is 2.46. The van der Waals surface area contributed by atoms with E-state index in [0.29, 0.717) is 25.4 Å². The van der Waals surface area contributed by atoms with Crippen molar-refractivity contribution < 1.29 is 13.3 Å². The van der Waals surface area contributed by atoms with Crippen molar-refractivity contribution >= 4 is 8.80 Å². The van der Waals surface area contributed by atoms with Gasteiger partial charge in [0.05, 0.1) is 6.67 Å². The van der Waals surface area contributed by atoms with Gasteiger partial charge in [-0.05, 0) is 27.2 Å². The predicted octanol–water partition coefficient (Wildman–Crippen LogP) is 2.49. The Hall–Kier alpha value is -0.563. The van der Waals surface area contributed by atoms with Crippen molar-refractivity contribution in [2.24, 2.45) is 0 Å². The summed E-state index contributed by atoms with van der Waals surface area (Å²) in [5, 5.41) is 0. The number of hydrogen-bond acceptors (Lipinski definition) is 5. The SMILES string of the molecule is CCO[Si](OCC)(OCC)C(C)CCN1C=CN(C)C1. The molecule has 1 heterocycles. The second-order valence-electron chi connectivity index (χ2n) is 5.10. The van der Waals surface area contributed by atoms with E-state index in [-0.39, 0.29) is 0 Å². The van der Waals surface area contributed by atoms with E-state index in [1.165, 1.54) is 0 Å². The molecule has 20 heavy (non-hydrogen) atoms. The Morgan fingerprint density at radius 3 is 2.00 bits per heavy atom. The zero-order chi connectivity index (χ0) is 15.0. The minimum Gasteiger partial charge on any atom is -0.374 e. The van der Waals surface area contributed by atoms with Crippen LogP contribution < -0.4 is 0 Å². The maximum atomic E-state index is 5.96. The molecule has 0 saturated heterocycles. The van der Waals surface area contributed by atoms with E-state index in [0.717, 1.165) is 19.6 Å². The molecular weight excluding hydrogens is 272 g/mol. The highest BCUT2D eigenvalue weighted by Crippen LogP contribution is 2.29. The van der Waals surface area contributed by atoms with Gasteiger partial charge in [0.2, 0.25) is 0 Å². The first kappa shape index (κ1) is 17.5. The Balaban J connectivity index is 2.57. The predicted molar refractivity (Wildman–Crippen MR) is 83.1 cm³/mol. The molecule has 6 heteroatoms. The summed E-state index contributed by atoms with van der Waals surface area (Å²) >= 11 is 0. The largest absolute Gasteiger partial charge is 0.503 e. The van der Waals surface area contributed by atoms with E-state index in [1.54, 1.807) is 0 Å². The minimum absolute atomic E-state index is 0.307. The number of rotatable bonds is 10. The Bertz CT molecular complexity index is 285.